The van der Waals surface area contributed by atoms with Gasteiger partial charge in [0.15, 0.2) is 0 Å². The number of hydrogen-bond acceptors (Lipinski definition) is 3. The monoisotopic (exact) mass is 119 g/mol. The van der Waals surface area contributed by atoms with Crippen molar-refractivity contribution in [2.75, 3.05) is 5.75 Å². The molecule has 0 aromatic carbocycles. The van der Waals surface area contributed by atoms with Gasteiger partial charge in [0.1, 0.15) is 6.29 Å². The van der Waals surface area contributed by atoms with E-state index in [2.05, 4.69) is 12.6 Å². The summed E-state index contributed by atoms with van der Waals surface area (Å²) in [7, 11) is 0. The van der Waals surface area contributed by atoms with E-state index in [9.17, 15) is 4.79 Å². The summed E-state index contributed by atoms with van der Waals surface area (Å²) < 4.78 is 0. The van der Waals surface area contributed by atoms with Crippen LogP contribution in [-0.2, 0) is 4.79 Å². The molecule has 3 heteroatoms. The van der Waals surface area contributed by atoms with Gasteiger partial charge in [0.2, 0.25) is 0 Å². The highest BCUT2D eigenvalue weighted by atomic mass is 32.1. The molecule has 0 unspecified atom stereocenters. The summed E-state index contributed by atoms with van der Waals surface area (Å²) in [5, 5.41) is 0. The van der Waals surface area contributed by atoms with Gasteiger partial charge in [0.05, 0.1) is 6.04 Å². The third-order valence-electron chi connectivity index (χ3n) is 0.637. The van der Waals surface area contributed by atoms with Crippen LogP contribution in [0, 0.1) is 0 Å². The van der Waals surface area contributed by atoms with Crippen LogP contribution in [0.15, 0.2) is 0 Å². The lowest BCUT2D eigenvalue weighted by molar-refractivity contribution is -0.108. The second kappa shape index (κ2) is 4.15. The van der Waals surface area contributed by atoms with Gasteiger partial charge in [-0.1, -0.05) is 0 Å². The summed E-state index contributed by atoms with van der Waals surface area (Å²) in [5.41, 5.74) is 5.17. The van der Waals surface area contributed by atoms with E-state index in [1.807, 2.05) is 0 Å². The van der Waals surface area contributed by atoms with Crippen LogP contribution in [0.5, 0.6) is 0 Å². The van der Waals surface area contributed by atoms with Gasteiger partial charge in [0, 0.05) is 0 Å². The number of aldehydes is 1. The highest BCUT2D eigenvalue weighted by Gasteiger charge is 1.93. The van der Waals surface area contributed by atoms with E-state index in [0.29, 0.717) is 12.2 Å². The Morgan fingerprint density at radius 3 is 2.57 bits per heavy atom. The second-order valence-electron chi connectivity index (χ2n) is 1.31. The quantitative estimate of drug-likeness (QED) is 0.400. The van der Waals surface area contributed by atoms with Crippen LogP contribution in [0.1, 0.15) is 6.42 Å². The molecule has 0 aliphatic rings. The first-order valence-electron chi connectivity index (χ1n) is 2.13. The van der Waals surface area contributed by atoms with E-state index >= 15 is 0 Å². The summed E-state index contributed by atoms with van der Waals surface area (Å²) in [6.45, 7) is 0. The SMILES string of the molecule is N[C@@H](C=O)CCS. The molecule has 0 aliphatic heterocycles. The molecule has 0 spiro atoms. The van der Waals surface area contributed by atoms with Crippen molar-refractivity contribution in [2.45, 2.75) is 12.5 Å². The van der Waals surface area contributed by atoms with Crippen LogP contribution in [0.25, 0.3) is 0 Å². The smallest absolute Gasteiger partial charge is 0.136 e. The van der Waals surface area contributed by atoms with E-state index in [1.165, 1.54) is 0 Å². The lowest BCUT2D eigenvalue weighted by atomic mass is 10.3. The van der Waals surface area contributed by atoms with Crippen molar-refractivity contribution < 1.29 is 4.79 Å². The predicted molar refractivity (Wildman–Crippen MR) is 32.5 cm³/mol. The normalized spacial score (nSPS) is 13.4. The molecule has 0 amide bonds. The Balaban J connectivity index is 2.98. The van der Waals surface area contributed by atoms with Crippen LogP contribution in [0.2, 0.25) is 0 Å². The highest BCUT2D eigenvalue weighted by Crippen LogP contribution is 1.84. The topological polar surface area (TPSA) is 43.1 Å². The molecular weight excluding hydrogens is 110 g/mol. The van der Waals surface area contributed by atoms with Crippen molar-refractivity contribution in [3.8, 4) is 0 Å². The molecule has 0 aliphatic carbocycles. The molecule has 2 N–H and O–H groups in total. The Hall–Kier alpha value is -0.0200. The fourth-order valence-corrected chi connectivity index (χ4v) is 0.515. The lowest BCUT2D eigenvalue weighted by Gasteiger charge is -1.95. The van der Waals surface area contributed by atoms with Gasteiger partial charge in [-0.2, -0.15) is 12.6 Å². The van der Waals surface area contributed by atoms with Crippen LogP contribution < -0.4 is 5.73 Å². The fraction of sp³-hybridized carbons (Fsp3) is 0.750. The van der Waals surface area contributed by atoms with Crippen molar-refractivity contribution >= 4 is 18.9 Å². The van der Waals surface area contributed by atoms with Gasteiger partial charge >= 0.3 is 0 Å². The van der Waals surface area contributed by atoms with Crippen molar-refractivity contribution in [2.24, 2.45) is 5.73 Å². The number of thiol groups is 1. The molecule has 0 saturated heterocycles. The van der Waals surface area contributed by atoms with Crippen molar-refractivity contribution in [1.29, 1.82) is 0 Å². The zero-order valence-electron chi connectivity index (χ0n) is 4.00. The summed E-state index contributed by atoms with van der Waals surface area (Å²) in [6.07, 6.45) is 1.41. The molecule has 2 nitrogen and oxygen atoms in total. The third kappa shape index (κ3) is 3.82. The van der Waals surface area contributed by atoms with E-state index < -0.39 is 0 Å². The first kappa shape index (κ1) is 6.98. The summed E-state index contributed by atoms with van der Waals surface area (Å²) in [5.74, 6) is 0.680. The third-order valence-corrected chi connectivity index (χ3v) is 0.895. The number of hydrogen-bond donors (Lipinski definition) is 2. The molecular formula is C4H9NOS. The molecule has 0 rings (SSSR count). The maximum atomic E-state index is 9.74. The van der Waals surface area contributed by atoms with E-state index in [-0.39, 0.29) is 6.04 Å². The minimum atomic E-state index is -0.308. The Bertz CT molecular complexity index is 57.7. The molecule has 0 radical (unpaired) electrons. The first-order valence-corrected chi connectivity index (χ1v) is 2.76. The zero-order chi connectivity index (χ0) is 5.70. The van der Waals surface area contributed by atoms with Crippen molar-refractivity contribution in [3.63, 3.8) is 0 Å². The average molecular weight is 119 g/mol. The number of rotatable bonds is 3. The van der Waals surface area contributed by atoms with Crippen molar-refractivity contribution in [3.05, 3.63) is 0 Å². The predicted octanol–water partition coefficient (Wildman–Crippen LogP) is -0.167. The fourth-order valence-electron chi connectivity index (χ4n) is 0.217. The lowest BCUT2D eigenvalue weighted by Crippen LogP contribution is -2.21. The molecule has 42 valence electrons. The Morgan fingerprint density at radius 1 is 1.86 bits per heavy atom. The van der Waals surface area contributed by atoms with E-state index in [1.54, 1.807) is 0 Å². The number of nitrogens with two attached hydrogens (primary N) is 1. The number of carbonyl (C=O) groups excluding carboxylic acids is 1. The zero-order valence-corrected chi connectivity index (χ0v) is 4.90. The molecule has 0 aromatic rings. The molecule has 0 aromatic heterocycles. The minimum absolute atomic E-state index is 0.308. The Kier molecular flexibility index (Phi) is 4.14. The van der Waals surface area contributed by atoms with Crippen LogP contribution >= 0.6 is 12.6 Å². The molecule has 0 bridgehead atoms. The molecule has 0 heterocycles. The number of carbonyl (C=O) groups is 1. The molecule has 0 saturated carbocycles. The Morgan fingerprint density at radius 2 is 2.43 bits per heavy atom. The van der Waals surface area contributed by atoms with E-state index in [0.717, 1.165) is 6.29 Å². The van der Waals surface area contributed by atoms with Gasteiger partial charge in [-0.15, -0.1) is 0 Å². The van der Waals surface area contributed by atoms with Crippen LogP contribution in [-0.4, -0.2) is 18.1 Å². The van der Waals surface area contributed by atoms with Crippen molar-refractivity contribution in [1.82, 2.24) is 0 Å². The largest absolute Gasteiger partial charge is 0.322 e. The summed E-state index contributed by atoms with van der Waals surface area (Å²) in [6, 6.07) is -0.308. The maximum absolute atomic E-state index is 9.74. The van der Waals surface area contributed by atoms with Gasteiger partial charge < -0.3 is 10.5 Å². The van der Waals surface area contributed by atoms with Crippen LogP contribution in [0.3, 0.4) is 0 Å². The second-order valence-corrected chi connectivity index (χ2v) is 1.76. The minimum Gasteiger partial charge on any atom is -0.322 e. The van der Waals surface area contributed by atoms with Crippen LogP contribution in [0.4, 0.5) is 0 Å². The summed E-state index contributed by atoms with van der Waals surface area (Å²) in [4.78, 5) is 9.74. The highest BCUT2D eigenvalue weighted by molar-refractivity contribution is 7.80. The maximum Gasteiger partial charge on any atom is 0.136 e. The first-order chi connectivity index (χ1) is 3.31. The van der Waals surface area contributed by atoms with Gasteiger partial charge in [-0.25, -0.2) is 0 Å². The van der Waals surface area contributed by atoms with Gasteiger partial charge in [0.25, 0.3) is 0 Å². The standard InChI is InChI=1S/C4H9NOS/c5-4(3-6)1-2-7/h3-4,7H,1-2,5H2/t4-/m1/s1. The average Bonchev–Trinajstić information content (AvgIpc) is 1.68. The Labute approximate surface area is 48.5 Å². The van der Waals surface area contributed by atoms with Gasteiger partial charge in [-0.3, -0.25) is 0 Å². The molecule has 7 heavy (non-hydrogen) atoms. The molecule has 0 fully saturated rings. The van der Waals surface area contributed by atoms with E-state index in [4.69, 9.17) is 5.73 Å². The van der Waals surface area contributed by atoms with Gasteiger partial charge in [-0.05, 0) is 12.2 Å². The molecule has 1 atom stereocenters. The summed E-state index contributed by atoms with van der Waals surface area (Å²) >= 11 is 3.88.